The Morgan fingerprint density at radius 3 is 2.26 bits per heavy atom. The van der Waals surface area contributed by atoms with E-state index in [1.54, 1.807) is 73.8 Å². The quantitative estimate of drug-likeness (QED) is 0.434. The standard InChI is InChI=1S/C26H21N3O5/c1-33-20-12-13-21-17(16-34-22(21)15-20)14-23(30)28-29-24(31)26(27-25(29)32,18-8-4-2-5-9-18)19-10-6-3-7-11-19/h2-13,15-16H,14H2,1H3,(H,27,32)(H,28,30). The third kappa shape index (κ3) is 3.45. The molecule has 0 unspecified atom stereocenters. The van der Waals surface area contributed by atoms with Crippen LogP contribution in [0.2, 0.25) is 0 Å². The zero-order chi connectivity index (χ0) is 23.7. The Bertz CT molecular complexity index is 1340. The summed E-state index contributed by atoms with van der Waals surface area (Å²) in [6, 6.07) is 22.5. The molecule has 2 heterocycles. The van der Waals surface area contributed by atoms with Gasteiger partial charge in [-0.25, -0.2) is 4.79 Å². The summed E-state index contributed by atoms with van der Waals surface area (Å²) in [7, 11) is 1.56. The van der Waals surface area contributed by atoms with Gasteiger partial charge in [-0.1, -0.05) is 60.7 Å². The van der Waals surface area contributed by atoms with E-state index < -0.39 is 23.4 Å². The van der Waals surface area contributed by atoms with Gasteiger partial charge in [0.15, 0.2) is 5.54 Å². The van der Waals surface area contributed by atoms with Crippen LogP contribution in [-0.4, -0.2) is 30.0 Å². The number of carbonyl (C=O) groups excluding carboxylic acids is 3. The molecule has 0 radical (unpaired) electrons. The van der Waals surface area contributed by atoms with E-state index >= 15 is 0 Å². The van der Waals surface area contributed by atoms with Gasteiger partial charge in [0.2, 0.25) is 5.91 Å². The number of methoxy groups -OCH3 is 1. The van der Waals surface area contributed by atoms with Crippen molar-refractivity contribution in [3.8, 4) is 5.75 Å². The lowest BCUT2D eigenvalue weighted by molar-refractivity contribution is -0.138. The first-order valence-electron chi connectivity index (χ1n) is 10.6. The smallest absolute Gasteiger partial charge is 0.344 e. The predicted molar refractivity (Wildman–Crippen MR) is 124 cm³/mol. The fraction of sp³-hybridized carbons (Fsp3) is 0.115. The van der Waals surface area contributed by atoms with Crippen LogP contribution in [0, 0.1) is 0 Å². The van der Waals surface area contributed by atoms with Crippen LogP contribution in [0.5, 0.6) is 5.75 Å². The summed E-state index contributed by atoms with van der Waals surface area (Å²) in [6.45, 7) is 0. The number of rotatable bonds is 6. The number of nitrogens with one attached hydrogen (secondary N) is 2. The summed E-state index contributed by atoms with van der Waals surface area (Å²) < 4.78 is 10.7. The topological polar surface area (TPSA) is 101 Å². The Kier molecular flexibility index (Phi) is 5.25. The average molecular weight is 455 g/mol. The molecule has 5 rings (SSSR count). The van der Waals surface area contributed by atoms with Gasteiger partial charge >= 0.3 is 6.03 Å². The fourth-order valence-corrected chi connectivity index (χ4v) is 4.23. The second-order valence-corrected chi connectivity index (χ2v) is 7.89. The molecule has 0 bridgehead atoms. The molecule has 8 nitrogen and oxygen atoms in total. The Hall–Kier alpha value is -4.59. The van der Waals surface area contributed by atoms with Crippen LogP contribution in [0.3, 0.4) is 0 Å². The van der Waals surface area contributed by atoms with Crippen molar-refractivity contribution < 1.29 is 23.5 Å². The van der Waals surface area contributed by atoms with Crippen LogP contribution >= 0.6 is 0 Å². The highest BCUT2D eigenvalue weighted by Gasteiger charge is 2.54. The van der Waals surface area contributed by atoms with E-state index in [9.17, 15) is 14.4 Å². The molecule has 8 heteroatoms. The van der Waals surface area contributed by atoms with Gasteiger partial charge in [-0.3, -0.25) is 15.0 Å². The molecule has 170 valence electrons. The van der Waals surface area contributed by atoms with Crippen molar-refractivity contribution in [2.75, 3.05) is 7.11 Å². The second kappa shape index (κ2) is 8.40. The third-order valence-electron chi connectivity index (χ3n) is 5.89. The van der Waals surface area contributed by atoms with Crippen LogP contribution in [-0.2, 0) is 21.5 Å². The number of hydrogen-bond donors (Lipinski definition) is 2. The number of hydrazine groups is 1. The van der Waals surface area contributed by atoms with E-state index in [2.05, 4.69) is 10.7 Å². The minimum atomic E-state index is -1.45. The van der Waals surface area contributed by atoms with E-state index in [1.807, 2.05) is 12.1 Å². The molecule has 1 saturated heterocycles. The summed E-state index contributed by atoms with van der Waals surface area (Å²) in [5.74, 6) is -0.487. The van der Waals surface area contributed by atoms with Crippen LogP contribution in [0.15, 0.2) is 89.5 Å². The number of hydrogen-bond acceptors (Lipinski definition) is 5. The third-order valence-corrected chi connectivity index (χ3v) is 5.89. The summed E-state index contributed by atoms with van der Waals surface area (Å²) in [6.07, 6.45) is 1.40. The van der Waals surface area contributed by atoms with Crippen molar-refractivity contribution in [2.24, 2.45) is 0 Å². The Morgan fingerprint density at radius 2 is 1.65 bits per heavy atom. The number of furan rings is 1. The van der Waals surface area contributed by atoms with Crippen LogP contribution in [0.1, 0.15) is 16.7 Å². The SMILES string of the molecule is COc1ccc2c(CC(=O)NN3C(=O)NC(c4ccccc4)(c4ccccc4)C3=O)coc2c1. The molecule has 1 aliphatic rings. The summed E-state index contributed by atoms with van der Waals surface area (Å²) >= 11 is 0. The van der Waals surface area contributed by atoms with Crippen LogP contribution < -0.4 is 15.5 Å². The van der Waals surface area contributed by atoms with Gasteiger partial charge in [-0.05, 0) is 23.3 Å². The molecule has 4 aromatic rings. The highest BCUT2D eigenvalue weighted by atomic mass is 16.5. The van der Waals surface area contributed by atoms with Gasteiger partial charge in [0.25, 0.3) is 5.91 Å². The maximum atomic E-state index is 13.7. The van der Waals surface area contributed by atoms with Gasteiger partial charge in [0.1, 0.15) is 11.3 Å². The molecule has 3 aromatic carbocycles. The molecular weight excluding hydrogens is 434 g/mol. The first kappa shape index (κ1) is 21.3. The number of nitrogens with zero attached hydrogens (tertiary/aromatic N) is 1. The molecule has 1 fully saturated rings. The first-order chi connectivity index (χ1) is 16.5. The summed E-state index contributed by atoms with van der Waals surface area (Å²) in [5, 5.41) is 4.29. The zero-order valence-corrected chi connectivity index (χ0v) is 18.3. The Balaban J connectivity index is 1.42. The molecule has 4 amide bonds. The second-order valence-electron chi connectivity index (χ2n) is 7.89. The Labute approximate surface area is 195 Å². The number of fused-ring (bicyclic) bond motifs is 1. The molecule has 0 spiro atoms. The van der Waals surface area contributed by atoms with Crippen molar-refractivity contribution in [3.05, 3.63) is 102 Å². The average Bonchev–Trinajstić information content (AvgIpc) is 3.38. The molecule has 0 aliphatic carbocycles. The first-order valence-corrected chi connectivity index (χ1v) is 10.6. The van der Waals surface area contributed by atoms with Gasteiger partial charge in [-0.15, -0.1) is 0 Å². The lowest BCUT2D eigenvalue weighted by Gasteiger charge is -2.27. The van der Waals surface area contributed by atoms with Crippen molar-refractivity contribution in [1.29, 1.82) is 0 Å². The molecule has 0 atom stereocenters. The predicted octanol–water partition coefficient (Wildman–Crippen LogP) is 3.51. The number of imide groups is 1. The van der Waals surface area contributed by atoms with E-state index in [4.69, 9.17) is 9.15 Å². The van der Waals surface area contributed by atoms with Crippen molar-refractivity contribution >= 4 is 28.8 Å². The summed E-state index contributed by atoms with van der Waals surface area (Å²) in [5.41, 5.74) is 3.39. The Morgan fingerprint density at radius 1 is 1.00 bits per heavy atom. The number of benzene rings is 3. The van der Waals surface area contributed by atoms with Gasteiger partial charge in [0.05, 0.1) is 19.8 Å². The summed E-state index contributed by atoms with van der Waals surface area (Å²) in [4.78, 5) is 39.4. The van der Waals surface area contributed by atoms with Gasteiger partial charge in [-0.2, -0.15) is 5.01 Å². The molecular formula is C26H21N3O5. The molecule has 2 N–H and O–H groups in total. The maximum Gasteiger partial charge on any atom is 0.344 e. The van der Waals surface area contributed by atoms with E-state index in [0.717, 1.165) is 10.4 Å². The van der Waals surface area contributed by atoms with E-state index in [1.165, 1.54) is 6.26 Å². The fourth-order valence-electron chi connectivity index (χ4n) is 4.23. The number of ether oxygens (including phenoxy) is 1. The highest BCUT2D eigenvalue weighted by Crippen LogP contribution is 2.35. The highest BCUT2D eigenvalue weighted by molar-refractivity contribution is 6.10. The number of urea groups is 1. The van der Waals surface area contributed by atoms with Gasteiger partial charge < -0.3 is 14.5 Å². The van der Waals surface area contributed by atoms with Crippen molar-refractivity contribution in [1.82, 2.24) is 15.8 Å². The minimum Gasteiger partial charge on any atom is -0.497 e. The van der Waals surface area contributed by atoms with Gasteiger partial charge in [0, 0.05) is 17.0 Å². The van der Waals surface area contributed by atoms with Crippen LogP contribution in [0.4, 0.5) is 4.79 Å². The van der Waals surface area contributed by atoms with Crippen LogP contribution in [0.25, 0.3) is 11.0 Å². The monoisotopic (exact) mass is 455 g/mol. The molecule has 0 saturated carbocycles. The minimum absolute atomic E-state index is 0.0833. The van der Waals surface area contributed by atoms with Crippen molar-refractivity contribution in [2.45, 2.75) is 12.0 Å². The zero-order valence-electron chi connectivity index (χ0n) is 18.3. The van der Waals surface area contributed by atoms with E-state index in [-0.39, 0.29) is 6.42 Å². The maximum absolute atomic E-state index is 13.7. The molecule has 34 heavy (non-hydrogen) atoms. The molecule has 1 aromatic heterocycles. The number of carbonyl (C=O) groups is 3. The normalized spacial score (nSPS) is 14.8. The lowest BCUT2D eigenvalue weighted by Crippen LogP contribution is -2.49. The lowest BCUT2D eigenvalue weighted by atomic mass is 9.83. The van der Waals surface area contributed by atoms with E-state index in [0.29, 0.717) is 28.0 Å². The number of amides is 4. The van der Waals surface area contributed by atoms with Crippen molar-refractivity contribution in [3.63, 3.8) is 0 Å². The molecule has 1 aliphatic heterocycles. The largest absolute Gasteiger partial charge is 0.497 e.